The Morgan fingerprint density at radius 3 is 2.54 bits per heavy atom. The van der Waals surface area contributed by atoms with Crippen LogP contribution in [0.25, 0.3) is 0 Å². The minimum atomic E-state index is -3.17. The molecule has 2 aliphatic rings. The van der Waals surface area contributed by atoms with E-state index < -0.39 is 10.0 Å². The van der Waals surface area contributed by atoms with Gasteiger partial charge in [0.1, 0.15) is 11.9 Å². The maximum absolute atomic E-state index is 12.8. The Balaban J connectivity index is 1.64. The zero-order chi connectivity index (χ0) is 20.3. The fraction of sp³-hybridized carbons (Fsp3) is 0.632. The Labute approximate surface area is 171 Å². The molecule has 2 fully saturated rings. The number of sulfonamides is 1. The van der Waals surface area contributed by atoms with Crippen LogP contribution in [0.2, 0.25) is 5.02 Å². The molecule has 0 saturated carbocycles. The van der Waals surface area contributed by atoms with Crippen LogP contribution in [0, 0.1) is 0 Å². The molecule has 1 amide bonds. The van der Waals surface area contributed by atoms with Gasteiger partial charge in [-0.1, -0.05) is 11.6 Å². The molecule has 9 heteroatoms. The number of rotatable bonds is 5. The maximum Gasteiger partial charge on any atom is 0.254 e. The summed E-state index contributed by atoms with van der Waals surface area (Å²) >= 11 is 6.35. The van der Waals surface area contributed by atoms with Gasteiger partial charge in [-0.2, -0.15) is 0 Å². The van der Waals surface area contributed by atoms with Gasteiger partial charge in [0.2, 0.25) is 10.0 Å². The van der Waals surface area contributed by atoms with Crippen LogP contribution >= 0.6 is 11.6 Å². The van der Waals surface area contributed by atoms with Crippen LogP contribution in [0.15, 0.2) is 18.2 Å². The largest absolute Gasteiger partial charge is 0.489 e. The summed E-state index contributed by atoms with van der Waals surface area (Å²) in [5.74, 6) is 0.363. The normalized spacial score (nSPS) is 22.2. The minimum absolute atomic E-state index is 0.0349. The average molecular weight is 431 g/mol. The summed E-state index contributed by atoms with van der Waals surface area (Å²) in [7, 11) is -3.17. The fourth-order valence-electron chi connectivity index (χ4n) is 3.81. The summed E-state index contributed by atoms with van der Waals surface area (Å²) in [6, 6.07) is 4.85. The second kappa shape index (κ2) is 8.98. The molecule has 0 aromatic heterocycles. The third kappa shape index (κ3) is 4.97. The molecule has 0 radical (unpaired) electrons. The number of ether oxygens (including phenoxy) is 1. The van der Waals surface area contributed by atoms with Crippen molar-refractivity contribution < 1.29 is 23.1 Å². The van der Waals surface area contributed by atoms with Crippen LogP contribution in [-0.4, -0.2) is 73.3 Å². The van der Waals surface area contributed by atoms with Crippen molar-refractivity contribution in [3.8, 4) is 5.75 Å². The molecule has 1 aromatic rings. The van der Waals surface area contributed by atoms with Crippen molar-refractivity contribution >= 4 is 27.5 Å². The number of carbonyl (C=O) groups is 1. The SMILES string of the molecule is CS(=O)(=O)N1CCC(Oc2ccc(C(=O)N3CCCC[C@H]3CO)cc2Cl)CC1. The summed E-state index contributed by atoms with van der Waals surface area (Å²) in [6.07, 6.45) is 5.04. The topological polar surface area (TPSA) is 87.2 Å². The first kappa shape index (κ1) is 21.4. The van der Waals surface area contributed by atoms with Crippen molar-refractivity contribution in [3.63, 3.8) is 0 Å². The molecule has 2 heterocycles. The number of likely N-dealkylation sites (tertiary alicyclic amines) is 1. The van der Waals surface area contributed by atoms with Gasteiger partial charge in [-0.05, 0) is 50.3 Å². The molecule has 1 N–H and O–H groups in total. The predicted molar refractivity (Wildman–Crippen MR) is 107 cm³/mol. The van der Waals surface area contributed by atoms with Gasteiger partial charge in [-0.15, -0.1) is 0 Å². The van der Waals surface area contributed by atoms with Crippen LogP contribution in [0.1, 0.15) is 42.5 Å². The zero-order valence-corrected chi connectivity index (χ0v) is 17.6. The Morgan fingerprint density at radius 2 is 1.93 bits per heavy atom. The van der Waals surface area contributed by atoms with Gasteiger partial charge in [0, 0.05) is 25.2 Å². The molecule has 3 rings (SSSR count). The second-order valence-corrected chi connectivity index (χ2v) is 9.84. The van der Waals surface area contributed by atoms with Crippen molar-refractivity contribution in [2.75, 3.05) is 32.5 Å². The van der Waals surface area contributed by atoms with Crippen LogP contribution in [-0.2, 0) is 10.0 Å². The number of aliphatic hydroxyl groups is 1. The molecule has 1 aromatic carbocycles. The molecule has 2 saturated heterocycles. The van der Waals surface area contributed by atoms with Gasteiger partial charge in [0.25, 0.3) is 5.91 Å². The quantitative estimate of drug-likeness (QED) is 0.773. The highest BCUT2D eigenvalue weighted by Gasteiger charge is 2.28. The van der Waals surface area contributed by atoms with Gasteiger partial charge in [0.05, 0.1) is 23.9 Å². The summed E-state index contributed by atoms with van der Waals surface area (Å²) in [6.45, 7) is 1.45. The van der Waals surface area contributed by atoms with E-state index in [2.05, 4.69) is 0 Å². The summed E-state index contributed by atoms with van der Waals surface area (Å²) in [5.41, 5.74) is 0.476. The van der Waals surface area contributed by atoms with E-state index in [1.54, 1.807) is 23.1 Å². The third-order valence-electron chi connectivity index (χ3n) is 5.44. The van der Waals surface area contributed by atoms with Crippen molar-refractivity contribution in [3.05, 3.63) is 28.8 Å². The molecule has 0 bridgehead atoms. The number of carbonyl (C=O) groups excluding carboxylic acids is 1. The number of aliphatic hydroxyl groups excluding tert-OH is 1. The van der Waals surface area contributed by atoms with E-state index in [9.17, 15) is 18.3 Å². The van der Waals surface area contributed by atoms with Crippen LogP contribution in [0.5, 0.6) is 5.75 Å². The predicted octanol–water partition coefficient (Wildman–Crippen LogP) is 2.13. The number of hydrogen-bond acceptors (Lipinski definition) is 5. The first-order valence-electron chi connectivity index (χ1n) is 9.62. The lowest BCUT2D eigenvalue weighted by Gasteiger charge is -2.34. The molecule has 2 aliphatic heterocycles. The van der Waals surface area contributed by atoms with E-state index in [1.807, 2.05) is 0 Å². The molecule has 0 aliphatic carbocycles. The maximum atomic E-state index is 12.8. The van der Waals surface area contributed by atoms with Gasteiger partial charge in [-0.25, -0.2) is 12.7 Å². The van der Waals surface area contributed by atoms with E-state index in [0.717, 1.165) is 19.3 Å². The number of piperidine rings is 2. The summed E-state index contributed by atoms with van der Waals surface area (Å²) in [5, 5.41) is 9.88. The molecular formula is C19H27ClN2O5S. The molecule has 156 valence electrons. The highest BCUT2D eigenvalue weighted by molar-refractivity contribution is 7.88. The van der Waals surface area contributed by atoms with Crippen LogP contribution < -0.4 is 4.74 Å². The number of benzene rings is 1. The smallest absolute Gasteiger partial charge is 0.254 e. The molecule has 7 nitrogen and oxygen atoms in total. The molecular weight excluding hydrogens is 404 g/mol. The summed E-state index contributed by atoms with van der Waals surface area (Å²) < 4.78 is 30.6. The Bertz CT molecular complexity index is 809. The van der Waals surface area contributed by atoms with E-state index in [1.165, 1.54) is 10.6 Å². The summed E-state index contributed by atoms with van der Waals surface area (Å²) in [4.78, 5) is 14.5. The monoisotopic (exact) mass is 430 g/mol. The Hall–Kier alpha value is -1.35. The second-order valence-electron chi connectivity index (χ2n) is 7.46. The Morgan fingerprint density at radius 1 is 1.21 bits per heavy atom. The highest BCUT2D eigenvalue weighted by atomic mass is 35.5. The first-order chi connectivity index (χ1) is 13.3. The van der Waals surface area contributed by atoms with Crippen molar-refractivity contribution in [1.29, 1.82) is 0 Å². The number of hydrogen-bond donors (Lipinski definition) is 1. The fourth-order valence-corrected chi connectivity index (χ4v) is 4.91. The van der Waals surface area contributed by atoms with Gasteiger partial charge >= 0.3 is 0 Å². The van der Waals surface area contributed by atoms with Gasteiger partial charge < -0.3 is 14.7 Å². The lowest BCUT2D eigenvalue weighted by molar-refractivity contribution is 0.0503. The van der Waals surface area contributed by atoms with E-state index in [0.29, 0.717) is 48.8 Å². The van der Waals surface area contributed by atoms with E-state index in [4.69, 9.17) is 16.3 Å². The highest BCUT2D eigenvalue weighted by Crippen LogP contribution is 2.30. The van der Waals surface area contributed by atoms with Crippen LogP contribution in [0.3, 0.4) is 0 Å². The van der Waals surface area contributed by atoms with Crippen LogP contribution in [0.4, 0.5) is 0 Å². The molecule has 28 heavy (non-hydrogen) atoms. The van der Waals surface area contributed by atoms with Gasteiger partial charge in [-0.3, -0.25) is 4.79 Å². The third-order valence-corrected chi connectivity index (χ3v) is 7.04. The van der Waals surface area contributed by atoms with Crippen molar-refractivity contribution in [2.45, 2.75) is 44.2 Å². The molecule has 0 unspecified atom stereocenters. The van der Waals surface area contributed by atoms with Crippen molar-refractivity contribution in [2.24, 2.45) is 0 Å². The van der Waals surface area contributed by atoms with Crippen molar-refractivity contribution in [1.82, 2.24) is 9.21 Å². The number of amides is 1. The molecule has 0 spiro atoms. The number of halogens is 1. The molecule has 1 atom stereocenters. The lowest BCUT2D eigenvalue weighted by Crippen LogP contribution is -2.45. The standard InChI is InChI=1S/C19H27ClN2O5S/c1-28(25,26)21-10-7-16(8-11-21)27-18-6-5-14(12-17(18)20)19(24)22-9-3-2-4-15(22)13-23/h5-6,12,15-16,23H,2-4,7-11,13H2,1H3/t15-/m0/s1. The lowest BCUT2D eigenvalue weighted by atomic mass is 10.0. The first-order valence-corrected chi connectivity index (χ1v) is 11.9. The number of nitrogens with zero attached hydrogens (tertiary/aromatic N) is 2. The average Bonchev–Trinajstić information content (AvgIpc) is 2.68. The Kier molecular flexibility index (Phi) is 6.85. The van der Waals surface area contributed by atoms with E-state index in [-0.39, 0.29) is 24.7 Å². The van der Waals surface area contributed by atoms with Gasteiger partial charge in [0.15, 0.2) is 0 Å². The van der Waals surface area contributed by atoms with E-state index >= 15 is 0 Å². The zero-order valence-electron chi connectivity index (χ0n) is 16.0. The minimum Gasteiger partial charge on any atom is -0.489 e.